The molecule has 4 heteroatoms. The Bertz CT molecular complexity index is 480. The fourth-order valence-corrected chi connectivity index (χ4v) is 1.61. The summed E-state index contributed by atoms with van der Waals surface area (Å²) >= 11 is 0. The summed E-state index contributed by atoms with van der Waals surface area (Å²) in [6, 6.07) is 5.72. The summed E-state index contributed by atoms with van der Waals surface area (Å²) in [5.41, 5.74) is 2.00. The van der Waals surface area contributed by atoms with Crippen LogP contribution in [0.4, 0.5) is 0 Å². The number of hydrogen-bond acceptors (Lipinski definition) is 4. The van der Waals surface area contributed by atoms with Gasteiger partial charge in [-0.05, 0) is 32.2 Å². The Kier molecular flexibility index (Phi) is 3.77. The van der Waals surface area contributed by atoms with E-state index in [1.54, 1.807) is 12.5 Å². The second-order valence-electron chi connectivity index (χ2n) is 3.77. The van der Waals surface area contributed by atoms with Crippen molar-refractivity contribution in [3.8, 4) is 5.75 Å². The van der Waals surface area contributed by atoms with Crippen LogP contribution >= 0.6 is 0 Å². The fraction of sp³-hybridized carbons (Fsp3) is 0.308. The smallest absolute Gasteiger partial charge is 0.146 e. The maximum atomic E-state index is 5.68. The number of rotatable bonds is 5. The molecule has 0 saturated carbocycles. The lowest BCUT2D eigenvalue weighted by molar-refractivity contribution is 0.265. The molecule has 0 radical (unpaired) electrons. The van der Waals surface area contributed by atoms with Gasteiger partial charge >= 0.3 is 0 Å². The average molecular weight is 232 g/mol. The van der Waals surface area contributed by atoms with E-state index < -0.39 is 0 Å². The zero-order chi connectivity index (χ0) is 12.1. The van der Waals surface area contributed by atoms with Gasteiger partial charge < -0.3 is 14.5 Å². The molecule has 2 heterocycles. The third-order valence-electron chi connectivity index (χ3n) is 2.52. The highest BCUT2D eigenvalue weighted by Gasteiger charge is 2.07. The molecule has 0 aliphatic rings. The number of pyridine rings is 1. The summed E-state index contributed by atoms with van der Waals surface area (Å²) in [6.07, 6.45) is 3.43. The van der Waals surface area contributed by atoms with E-state index in [1.165, 1.54) is 0 Å². The molecule has 0 amide bonds. The summed E-state index contributed by atoms with van der Waals surface area (Å²) < 4.78 is 11.1. The van der Waals surface area contributed by atoms with Crippen LogP contribution in [0.3, 0.4) is 0 Å². The van der Waals surface area contributed by atoms with E-state index in [4.69, 9.17) is 9.15 Å². The van der Waals surface area contributed by atoms with E-state index in [1.807, 2.05) is 32.2 Å². The molecule has 0 aliphatic carbocycles. The molecule has 4 nitrogen and oxygen atoms in total. The van der Waals surface area contributed by atoms with Crippen molar-refractivity contribution in [1.82, 2.24) is 10.3 Å². The van der Waals surface area contributed by atoms with Crippen LogP contribution in [0.15, 0.2) is 35.1 Å². The van der Waals surface area contributed by atoms with E-state index in [9.17, 15) is 0 Å². The molecule has 0 fully saturated rings. The SMILES string of the molecule is CNCc1ccoc1COc1cccnc1C. The Balaban J connectivity index is 2.02. The summed E-state index contributed by atoms with van der Waals surface area (Å²) in [5, 5.41) is 3.09. The largest absolute Gasteiger partial charge is 0.484 e. The first kappa shape index (κ1) is 11.7. The van der Waals surface area contributed by atoms with Crippen molar-refractivity contribution in [1.29, 1.82) is 0 Å². The monoisotopic (exact) mass is 232 g/mol. The van der Waals surface area contributed by atoms with Gasteiger partial charge in [0.15, 0.2) is 0 Å². The molecule has 17 heavy (non-hydrogen) atoms. The number of ether oxygens (including phenoxy) is 1. The molecule has 90 valence electrons. The van der Waals surface area contributed by atoms with Crippen LogP contribution in [0.2, 0.25) is 0 Å². The van der Waals surface area contributed by atoms with Gasteiger partial charge in [0.1, 0.15) is 18.1 Å². The van der Waals surface area contributed by atoms with Crippen LogP contribution in [-0.4, -0.2) is 12.0 Å². The van der Waals surface area contributed by atoms with Crippen molar-refractivity contribution in [3.05, 3.63) is 47.7 Å². The third-order valence-corrected chi connectivity index (χ3v) is 2.52. The van der Waals surface area contributed by atoms with Gasteiger partial charge in [0, 0.05) is 18.3 Å². The van der Waals surface area contributed by atoms with Gasteiger partial charge in [-0.25, -0.2) is 0 Å². The van der Waals surface area contributed by atoms with Gasteiger partial charge in [0.05, 0.1) is 12.0 Å². The minimum atomic E-state index is 0.427. The van der Waals surface area contributed by atoms with E-state index >= 15 is 0 Å². The molecule has 0 saturated heterocycles. The summed E-state index contributed by atoms with van der Waals surface area (Å²) in [5.74, 6) is 1.64. The minimum absolute atomic E-state index is 0.427. The number of nitrogens with one attached hydrogen (secondary N) is 1. The highest BCUT2D eigenvalue weighted by molar-refractivity contribution is 5.26. The van der Waals surface area contributed by atoms with E-state index in [0.717, 1.165) is 29.3 Å². The Labute approximate surface area is 101 Å². The summed E-state index contributed by atoms with van der Waals surface area (Å²) in [4.78, 5) is 4.17. The molecule has 2 rings (SSSR count). The van der Waals surface area contributed by atoms with E-state index in [0.29, 0.717) is 6.61 Å². The fourth-order valence-electron chi connectivity index (χ4n) is 1.61. The molecule has 2 aromatic rings. The Morgan fingerprint density at radius 3 is 3.06 bits per heavy atom. The van der Waals surface area contributed by atoms with Crippen LogP contribution in [0.1, 0.15) is 17.0 Å². The molecule has 0 spiro atoms. The van der Waals surface area contributed by atoms with Crippen molar-refractivity contribution in [2.24, 2.45) is 0 Å². The van der Waals surface area contributed by atoms with E-state index in [2.05, 4.69) is 10.3 Å². The Morgan fingerprint density at radius 1 is 1.41 bits per heavy atom. The van der Waals surface area contributed by atoms with Gasteiger partial charge in [0.2, 0.25) is 0 Å². The lowest BCUT2D eigenvalue weighted by Gasteiger charge is -2.07. The van der Waals surface area contributed by atoms with Crippen molar-refractivity contribution in [2.45, 2.75) is 20.1 Å². The zero-order valence-corrected chi connectivity index (χ0v) is 10.1. The molecule has 0 atom stereocenters. The molecule has 2 aromatic heterocycles. The first-order chi connectivity index (χ1) is 8.31. The van der Waals surface area contributed by atoms with Crippen molar-refractivity contribution < 1.29 is 9.15 Å². The van der Waals surface area contributed by atoms with Crippen LogP contribution in [-0.2, 0) is 13.2 Å². The van der Waals surface area contributed by atoms with Crippen molar-refractivity contribution >= 4 is 0 Å². The molecule has 0 aromatic carbocycles. The first-order valence-electron chi connectivity index (χ1n) is 5.55. The number of aromatic nitrogens is 1. The van der Waals surface area contributed by atoms with Gasteiger partial charge in [-0.3, -0.25) is 4.98 Å². The van der Waals surface area contributed by atoms with Crippen molar-refractivity contribution in [3.63, 3.8) is 0 Å². The topological polar surface area (TPSA) is 47.3 Å². The second kappa shape index (κ2) is 5.50. The standard InChI is InChI=1S/C13H16N2O2/c1-10-12(4-3-6-15-10)17-9-13-11(8-14-2)5-7-16-13/h3-7,14H,8-9H2,1-2H3. The summed E-state index contributed by atoms with van der Waals surface area (Å²) in [7, 11) is 1.91. The first-order valence-corrected chi connectivity index (χ1v) is 5.55. The third kappa shape index (κ3) is 2.85. The van der Waals surface area contributed by atoms with Gasteiger partial charge in [-0.1, -0.05) is 0 Å². The predicted molar refractivity (Wildman–Crippen MR) is 64.8 cm³/mol. The van der Waals surface area contributed by atoms with Crippen LogP contribution < -0.4 is 10.1 Å². The predicted octanol–water partition coefficient (Wildman–Crippen LogP) is 2.28. The molecular weight excluding hydrogens is 216 g/mol. The maximum Gasteiger partial charge on any atom is 0.146 e. The van der Waals surface area contributed by atoms with Crippen LogP contribution in [0.25, 0.3) is 0 Å². The minimum Gasteiger partial charge on any atom is -0.484 e. The van der Waals surface area contributed by atoms with Gasteiger partial charge in [-0.15, -0.1) is 0 Å². The molecule has 1 N–H and O–H groups in total. The molecule has 0 bridgehead atoms. The van der Waals surface area contributed by atoms with Crippen LogP contribution in [0.5, 0.6) is 5.75 Å². The normalized spacial score (nSPS) is 10.5. The van der Waals surface area contributed by atoms with Crippen molar-refractivity contribution in [2.75, 3.05) is 7.05 Å². The zero-order valence-electron chi connectivity index (χ0n) is 10.1. The average Bonchev–Trinajstić information content (AvgIpc) is 2.76. The molecular formula is C13H16N2O2. The van der Waals surface area contributed by atoms with E-state index in [-0.39, 0.29) is 0 Å². The maximum absolute atomic E-state index is 5.68. The number of furan rings is 1. The lowest BCUT2D eigenvalue weighted by atomic mass is 10.2. The number of aryl methyl sites for hydroxylation is 1. The Morgan fingerprint density at radius 2 is 2.29 bits per heavy atom. The Hall–Kier alpha value is -1.81. The van der Waals surface area contributed by atoms with Gasteiger partial charge in [0.25, 0.3) is 0 Å². The highest BCUT2D eigenvalue weighted by atomic mass is 16.5. The number of hydrogen-bond donors (Lipinski definition) is 1. The molecule has 0 unspecified atom stereocenters. The summed E-state index contributed by atoms with van der Waals surface area (Å²) in [6.45, 7) is 3.13. The van der Waals surface area contributed by atoms with Crippen LogP contribution in [0, 0.1) is 6.92 Å². The molecule has 0 aliphatic heterocycles. The second-order valence-corrected chi connectivity index (χ2v) is 3.77. The number of nitrogens with zero attached hydrogens (tertiary/aromatic N) is 1. The van der Waals surface area contributed by atoms with Gasteiger partial charge in [-0.2, -0.15) is 0 Å². The quantitative estimate of drug-likeness (QED) is 0.859. The lowest BCUT2D eigenvalue weighted by Crippen LogP contribution is -2.07. The highest BCUT2D eigenvalue weighted by Crippen LogP contribution is 2.17.